The molecule has 0 amide bonds. The van der Waals surface area contributed by atoms with Crippen LogP contribution in [0, 0.1) is 0 Å². The van der Waals surface area contributed by atoms with Gasteiger partial charge in [0.15, 0.2) is 0 Å². The van der Waals surface area contributed by atoms with Gasteiger partial charge in [0.25, 0.3) is 0 Å². The van der Waals surface area contributed by atoms with Crippen molar-refractivity contribution < 1.29 is 24.1 Å². The molecule has 0 aliphatic rings. The monoisotopic (exact) mass is 348 g/mol. The lowest BCUT2D eigenvalue weighted by Gasteiger charge is -2.12. The van der Waals surface area contributed by atoms with Crippen molar-refractivity contribution in [3.63, 3.8) is 0 Å². The highest BCUT2D eigenvalue weighted by Gasteiger charge is 2.05. The molecule has 5 nitrogen and oxygen atoms in total. The Balaban J connectivity index is 1.99. The van der Waals surface area contributed by atoms with E-state index in [0.717, 1.165) is 6.08 Å². The molecule has 0 saturated carbocycles. The van der Waals surface area contributed by atoms with Gasteiger partial charge in [0, 0.05) is 17.7 Å². The van der Waals surface area contributed by atoms with E-state index in [1.54, 1.807) is 37.4 Å². The Labute approximate surface area is 145 Å². The summed E-state index contributed by atoms with van der Waals surface area (Å²) in [6.45, 7) is 0.565. The van der Waals surface area contributed by atoms with E-state index in [-0.39, 0.29) is 6.61 Å². The van der Waals surface area contributed by atoms with Crippen molar-refractivity contribution >= 4 is 23.6 Å². The SMILES string of the molecule is COc1ccc(C=CC(=O)O)c(OCCOc2ccccc2Cl)c1. The van der Waals surface area contributed by atoms with Crippen LogP contribution < -0.4 is 14.2 Å². The van der Waals surface area contributed by atoms with Gasteiger partial charge in [-0.05, 0) is 30.3 Å². The maximum absolute atomic E-state index is 10.7. The molecule has 24 heavy (non-hydrogen) atoms. The summed E-state index contributed by atoms with van der Waals surface area (Å²) < 4.78 is 16.4. The van der Waals surface area contributed by atoms with Gasteiger partial charge in [-0.3, -0.25) is 0 Å². The van der Waals surface area contributed by atoms with Gasteiger partial charge in [0.05, 0.1) is 12.1 Å². The van der Waals surface area contributed by atoms with Crippen molar-refractivity contribution in [3.05, 3.63) is 59.1 Å². The second-order valence-electron chi connectivity index (χ2n) is 4.70. The number of rotatable bonds is 8. The van der Waals surface area contributed by atoms with Crippen LogP contribution in [0.25, 0.3) is 6.08 Å². The Morgan fingerprint density at radius 3 is 2.50 bits per heavy atom. The number of halogens is 1. The first-order chi connectivity index (χ1) is 11.6. The molecular formula is C18H17ClO5. The minimum atomic E-state index is -1.03. The number of carboxylic acids is 1. The Morgan fingerprint density at radius 1 is 1.12 bits per heavy atom. The van der Waals surface area contributed by atoms with Crippen molar-refractivity contribution in [2.24, 2.45) is 0 Å². The number of methoxy groups -OCH3 is 1. The predicted molar refractivity (Wildman–Crippen MR) is 92.1 cm³/mol. The van der Waals surface area contributed by atoms with Crippen molar-refractivity contribution in [1.82, 2.24) is 0 Å². The highest BCUT2D eigenvalue weighted by atomic mass is 35.5. The fourth-order valence-electron chi connectivity index (χ4n) is 1.93. The second-order valence-corrected chi connectivity index (χ2v) is 5.11. The Morgan fingerprint density at radius 2 is 1.83 bits per heavy atom. The third-order valence-electron chi connectivity index (χ3n) is 3.06. The van der Waals surface area contributed by atoms with Gasteiger partial charge in [0.1, 0.15) is 30.5 Å². The largest absolute Gasteiger partial charge is 0.497 e. The van der Waals surface area contributed by atoms with Crippen molar-refractivity contribution in [2.45, 2.75) is 0 Å². The normalized spacial score (nSPS) is 10.6. The Hall–Kier alpha value is -2.66. The third-order valence-corrected chi connectivity index (χ3v) is 3.37. The summed E-state index contributed by atoms with van der Waals surface area (Å²) in [6, 6.07) is 12.3. The second kappa shape index (κ2) is 8.84. The van der Waals surface area contributed by atoms with E-state index in [1.165, 1.54) is 6.08 Å². The molecule has 2 aromatic carbocycles. The topological polar surface area (TPSA) is 65.0 Å². The quantitative estimate of drug-likeness (QED) is 0.579. The van der Waals surface area contributed by atoms with Gasteiger partial charge < -0.3 is 19.3 Å². The van der Waals surface area contributed by atoms with Crippen LogP contribution in [-0.2, 0) is 4.79 Å². The molecule has 0 saturated heterocycles. The van der Waals surface area contributed by atoms with Crippen molar-refractivity contribution in [1.29, 1.82) is 0 Å². The number of carboxylic acid groups (broad SMARTS) is 1. The third kappa shape index (κ3) is 5.21. The number of ether oxygens (including phenoxy) is 3. The van der Waals surface area contributed by atoms with Crippen LogP contribution in [0.4, 0.5) is 0 Å². The van der Waals surface area contributed by atoms with Crippen LogP contribution in [0.1, 0.15) is 5.56 Å². The summed E-state index contributed by atoms with van der Waals surface area (Å²) in [5.74, 6) is 0.678. The highest BCUT2D eigenvalue weighted by molar-refractivity contribution is 6.32. The van der Waals surface area contributed by atoms with E-state index in [9.17, 15) is 4.79 Å². The summed E-state index contributed by atoms with van der Waals surface area (Å²) in [6.07, 6.45) is 2.51. The van der Waals surface area contributed by atoms with Gasteiger partial charge in [-0.1, -0.05) is 23.7 Å². The predicted octanol–water partition coefficient (Wildman–Crippen LogP) is 3.90. The standard InChI is InChI=1S/C18H17ClO5/c1-22-14-8-6-13(7-9-18(20)21)17(12-14)24-11-10-23-16-5-3-2-4-15(16)19/h2-9,12H,10-11H2,1H3,(H,20,21). The molecule has 6 heteroatoms. The molecule has 0 unspecified atom stereocenters. The highest BCUT2D eigenvalue weighted by Crippen LogP contribution is 2.26. The molecule has 0 aliphatic carbocycles. The molecule has 0 aromatic heterocycles. The average Bonchev–Trinajstić information content (AvgIpc) is 2.58. The van der Waals surface area contributed by atoms with E-state index in [4.69, 9.17) is 30.9 Å². The molecule has 0 spiro atoms. The molecule has 0 heterocycles. The summed E-state index contributed by atoms with van der Waals surface area (Å²) in [5.41, 5.74) is 0.635. The zero-order valence-corrected chi connectivity index (χ0v) is 13.8. The molecule has 0 atom stereocenters. The first-order valence-corrected chi connectivity index (χ1v) is 7.57. The Bertz CT molecular complexity index is 727. The minimum absolute atomic E-state index is 0.270. The van der Waals surface area contributed by atoms with Crippen molar-refractivity contribution in [2.75, 3.05) is 20.3 Å². The average molecular weight is 349 g/mol. The number of benzene rings is 2. The first-order valence-electron chi connectivity index (χ1n) is 7.19. The van der Waals surface area contributed by atoms with E-state index in [0.29, 0.717) is 34.4 Å². The molecule has 0 bridgehead atoms. The van der Waals surface area contributed by atoms with E-state index >= 15 is 0 Å². The molecule has 2 rings (SSSR count). The number of aliphatic carboxylic acids is 1. The molecular weight excluding hydrogens is 332 g/mol. The smallest absolute Gasteiger partial charge is 0.328 e. The van der Waals surface area contributed by atoms with Crippen LogP contribution in [0.3, 0.4) is 0 Å². The van der Waals surface area contributed by atoms with Crippen LogP contribution in [0.2, 0.25) is 5.02 Å². The lowest BCUT2D eigenvalue weighted by Crippen LogP contribution is -2.10. The van der Waals surface area contributed by atoms with Crippen molar-refractivity contribution in [3.8, 4) is 17.2 Å². The molecule has 0 radical (unpaired) electrons. The molecule has 2 aromatic rings. The molecule has 1 N–H and O–H groups in total. The number of hydrogen-bond acceptors (Lipinski definition) is 4. The van der Waals surface area contributed by atoms with Crippen LogP contribution in [-0.4, -0.2) is 31.4 Å². The zero-order valence-electron chi connectivity index (χ0n) is 13.1. The molecule has 126 valence electrons. The van der Waals surface area contributed by atoms with Crippen LogP contribution in [0.15, 0.2) is 48.5 Å². The van der Waals surface area contributed by atoms with E-state index < -0.39 is 5.97 Å². The number of carbonyl (C=O) groups is 1. The summed E-state index contributed by atoms with van der Waals surface area (Å²) >= 11 is 6.01. The van der Waals surface area contributed by atoms with Gasteiger partial charge >= 0.3 is 5.97 Å². The number of para-hydroxylation sites is 1. The van der Waals surface area contributed by atoms with Gasteiger partial charge in [-0.25, -0.2) is 4.79 Å². The molecule has 0 fully saturated rings. The maximum Gasteiger partial charge on any atom is 0.328 e. The van der Waals surface area contributed by atoms with Crippen LogP contribution in [0.5, 0.6) is 17.2 Å². The van der Waals surface area contributed by atoms with Crippen LogP contribution >= 0.6 is 11.6 Å². The van der Waals surface area contributed by atoms with E-state index in [1.807, 2.05) is 12.1 Å². The minimum Gasteiger partial charge on any atom is -0.497 e. The summed E-state index contributed by atoms with van der Waals surface area (Å²) in [7, 11) is 1.55. The van der Waals surface area contributed by atoms with E-state index in [2.05, 4.69) is 0 Å². The lowest BCUT2D eigenvalue weighted by molar-refractivity contribution is -0.131. The van der Waals surface area contributed by atoms with Gasteiger partial charge in [-0.2, -0.15) is 0 Å². The van der Waals surface area contributed by atoms with Gasteiger partial charge in [-0.15, -0.1) is 0 Å². The number of hydrogen-bond donors (Lipinski definition) is 1. The first kappa shape index (κ1) is 17.7. The maximum atomic E-state index is 10.7. The fourth-order valence-corrected chi connectivity index (χ4v) is 2.12. The van der Waals surface area contributed by atoms with Gasteiger partial charge in [0.2, 0.25) is 0 Å². The Kier molecular flexibility index (Phi) is 6.51. The zero-order chi connectivity index (χ0) is 17.4. The molecule has 0 aliphatic heterocycles. The summed E-state index contributed by atoms with van der Waals surface area (Å²) in [5, 5.41) is 9.28. The fraction of sp³-hybridized carbons (Fsp3) is 0.167. The lowest BCUT2D eigenvalue weighted by atomic mass is 10.1. The summed E-state index contributed by atoms with van der Waals surface area (Å²) in [4.78, 5) is 10.7.